The summed E-state index contributed by atoms with van der Waals surface area (Å²) in [5, 5.41) is 2.86. The van der Waals surface area contributed by atoms with Crippen LogP contribution in [0.1, 0.15) is 16.1 Å². The van der Waals surface area contributed by atoms with E-state index in [1.807, 2.05) is 60.7 Å². The summed E-state index contributed by atoms with van der Waals surface area (Å²) < 4.78 is 5.81. The lowest BCUT2D eigenvalue weighted by molar-refractivity contribution is 0.0948. The third-order valence-electron chi connectivity index (χ3n) is 3.26. The van der Waals surface area contributed by atoms with Crippen LogP contribution in [-0.2, 0) is 6.54 Å². The summed E-state index contributed by atoms with van der Waals surface area (Å²) >= 11 is 0. The molecule has 1 heterocycles. The fraction of sp³-hybridized carbons (Fsp3) is 0.0526. The van der Waals surface area contributed by atoms with Crippen LogP contribution in [0.15, 0.2) is 79.0 Å². The van der Waals surface area contributed by atoms with Gasteiger partial charge in [-0.3, -0.25) is 9.78 Å². The number of rotatable bonds is 5. The Morgan fingerprint density at radius 2 is 1.65 bits per heavy atom. The van der Waals surface area contributed by atoms with Gasteiger partial charge < -0.3 is 10.1 Å². The lowest BCUT2D eigenvalue weighted by Gasteiger charge is -2.11. The molecule has 2 aromatic carbocycles. The number of carbonyl (C=O) groups excluding carboxylic acids is 1. The van der Waals surface area contributed by atoms with E-state index in [1.54, 1.807) is 18.3 Å². The molecule has 0 radical (unpaired) electrons. The molecule has 1 amide bonds. The summed E-state index contributed by atoms with van der Waals surface area (Å²) in [5.74, 6) is 1.02. The molecule has 0 saturated carbocycles. The Kier molecular flexibility index (Phi) is 4.64. The molecule has 4 nitrogen and oxygen atoms in total. The number of nitrogens with one attached hydrogen (secondary N) is 1. The minimum Gasteiger partial charge on any atom is -0.457 e. The van der Waals surface area contributed by atoms with E-state index in [-0.39, 0.29) is 5.91 Å². The maximum absolute atomic E-state index is 12.4. The van der Waals surface area contributed by atoms with Crippen molar-refractivity contribution in [3.05, 3.63) is 90.3 Å². The van der Waals surface area contributed by atoms with E-state index in [0.29, 0.717) is 23.6 Å². The fourth-order valence-corrected chi connectivity index (χ4v) is 2.13. The molecular formula is C19H16N2O2. The van der Waals surface area contributed by atoms with Gasteiger partial charge in [-0.05, 0) is 36.4 Å². The predicted octanol–water partition coefficient (Wildman–Crippen LogP) is 3.80. The lowest BCUT2D eigenvalue weighted by Crippen LogP contribution is -2.23. The van der Waals surface area contributed by atoms with E-state index in [9.17, 15) is 4.79 Å². The first kappa shape index (κ1) is 14.8. The molecule has 1 aromatic heterocycles. The highest BCUT2D eigenvalue weighted by Crippen LogP contribution is 2.24. The Morgan fingerprint density at radius 1 is 0.913 bits per heavy atom. The summed E-state index contributed by atoms with van der Waals surface area (Å²) in [7, 11) is 0. The number of hydrogen-bond acceptors (Lipinski definition) is 3. The van der Waals surface area contributed by atoms with Gasteiger partial charge in [-0.25, -0.2) is 0 Å². The van der Waals surface area contributed by atoms with E-state index in [0.717, 1.165) is 5.69 Å². The molecule has 0 saturated heterocycles. The maximum atomic E-state index is 12.4. The molecule has 23 heavy (non-hydrogen) atoms. The SMILES string of the molecule is O=C(NCc1ccccn1)c1ccccc1Oc1ccccc1. The summed E-state index contributed by atoms with van der Waals surface area (Å²) in [5.41, 5.74) is 1.30. The van der Waals surface area contributed by atoms with Gasteiger partial charge in [-0.1, -0.05) is 36.4 Å². The average Bonchev–Trinajstić information content (AvgIpc) is 2.62. The zero-order chi connectivity index (χ0) is 15.9. The van der Waals surface area contributed by atoms with Gasteiger partial charge in [0.25, 0.3) is 5.91 Å². The molecule has 3 aromatic rings. The molecule has 0 atom stereocenters. The van der Waals surface area contributed by atoms with Gasteiger partial charge in [-0.2, -0.15) is 0 Å². The molecule has 0 spiro atoms. The standard InChI is InChI=1S/C19H16N2O2/c22-19(21-14-15-8-6-7-13-20-15)17-11-4-5-12-18(17)23-16-9-2-1-3-10-16/h1-13H,14H2,(H,21,22). The fourth-order valence-electron chi connectivity index (χ4n) is 2.13. The van der Waals surface area contributed by atoms with Crippen LogP contribution in [0.2, 0.25) is 0 Å². The monoisotopic (exact) mass is 304 g/mol. The third kappa shape index (κ3) is 3.95. The highest BCUT2D eigenvalue weighted by molar-refractivity contribution is 5.96. The van der Waals surface area contributed by atoms with Gasteiger partial charge in [0.05, 0.1) is 17.8 Å². The molecule has 0 fully saturated rings. The number of para-hydroxylation sites is 2. The first-order chi connectivity index (χ1) is 11.3. The molecule has 1 N–H and O–H groups in total. The van der Waals surface area contributed by atoms with E-state index in [1.165, 1.54) is 0 Å². The number of benzene rings is 2. The molecule has 0 aliphatic carbocycles. The van der Waals surface area contributed by atoms with Crippen LogP contribution < -0.4 is 10.1 Å². The van der Waals surface area contributed by atoms with Gasteiger partial charge in [0.2, 0.25) is 0 Å². The minimum atomic E-state index is -0.192. The summed E-state index contributed by atoms with van der Waals surface area (Å²) in [4.78, 5) is 16.6. The average molecular weight is 304 g/mol. The Bertz CT molecular complexity index is 774. The molecule has 4 heteroatoms. The number of hydrogen-bond donors (Lipinski definition) is 1. The van der Waals surface area contributed by atoms with Crippen molar-refractivity contribution in [2.45, 2.75) is 6.54 Å². The van der Waals surface area contributed by atoms with E-state index >= 15 is 0 Å². The van der Waals surface area contributed by atoms with Crippen molar-refractivity contribution < 1.29 is 9.53 Å². The largest absolute Gasteiger partial charge is 0.457 e. The smallest absolute Gasteiger partial charge is 0.255 e. The first-order valence-electron chi connectivity index (χ1n) is 7.33. The Morgan fingerprint density at radius 3 is 2.43 bits per heavy atom. The Labute approximate surface area is 134 Å². The lowest BCUT2D eigenvalue weighted by atomic mass is 10.2. The number of carbonyl (C=O) groups is 1. The van der Waals surface area contributed by atoms with Crippen LogP contribution in [0, 0.1) is 0 Å². The van der Waals surface area contributed by atoms with Crippen LogP contribution in [0.25, 0.3) is 0 Å². The minimum absolute atomic E-state index is 0.192. The van der Waals surface area contributed by atoms with Crippen molar-refractivity contribution in [1.82, 2.24) is 10.3 Å². The van der Waals surface area contributed by atoms with Gasteiger partial charge in [0.1, 0.15) is 11.5 Å². The topological polar surface area (TPSA) is 51.2 Å². The van der Waals surface area contributed by atoms with Crippen molar-refractivity contribution in [2.24, 2.45) is 0 Å². The number of ether oxygens (including phenoxy) is 1. The normalized spacial score (nSPS) is 10.1. The maximum Gasteiger partial charge on any atom is 0.255 e. The highest BCUT2D eigenvalue weighted by atomic mass is 16.5. The van der Waals surface area contributed by atoms with Gasteiger partial charge >= 0.3 is 0 Å². The van der Waals surface area contributed by atoms with Crippen LogP contribution in [-0.4, -0.2) is 10.9 Å². The molecule has 0 aliphatic heterocycles. The molecular weight excluding hydrogens is 288 g/mol. The zero-order valence-corrected chi connectivity index (χ0v) is 12.5. The summed E-state index contributed by atoms with van der Waals surface area (Å²) in [6, 6.07) is 22.2. The van der Waals surface area contributed by atoms with Crippen LogP contribution >= 0.6 is 0 Å². The number of nitrogens with zero attached hydrogens (tertiary/aromatic N) is 1. The van der Waals surface area contributed by atoms with Crippen LogP contribution in [0.4, 0.5) is 0 Å². The number of pyridine rings is 1. The van der Waals surface area contributed by atoms with E-state index in [4.69, 9.17) is 4.74 Å². The molecule has 3 rings (SSSR count). The van der Waals surface area contributed by atoms with Gasteiger partial charge in [-0.15, -0.1) is 0 Å². The van der Waals surface area contributed by atoms with Gasteiger partial charge in [0.15, 0.2) is 0 Å². The predicted molar refractivity (Wildman–Crippen MR) is 88.4 cm³/mol. The highest BCUT2D eigenvalue weighted by Gasteiger charge is 2.12. The van der Waals surface area contributed by atoms with Crippen molar-refractivity contribution in [3.63, 3.8) is 0 Å². The molecule has 114 valence electrons. The third-order valence-corrected chi connectivity index (χ3v) is 3.26. The van der Waals surface area contributed by atoms with Crippen molar-refractivity contribution in [1.29, 1.82) is 0 Å². The van der Waals surface area contributed by atoms with E-state index < -0.39 is 0 Å². The Hall–Kier alpha value is -3.14. The second-order valence-electron chi connectivity index (χ2n) is 4.92. The van der Waals surface area contributed by atoms with Crippen LogP contribution in [0.5, 0.6) is 11.5 Å². The Balaban J connectivity index is 1.73. The second kappa shape index (κ2) is 7.22. The van der Waals surface area contributed by atoms with Crippen molar-refractivity contribution in [3.8, 4) is 11.5 Å². The number of amides is 1. The van der Waals surface area contributed by atoms with E-state index in [2.05, 4.69) is 10.3 Å². The second-order valence-corrected chi connectivity index (χ2v) is 4.92. The quantitative estimate of drug-likeness (QED) is 0.780. The zero-order valence-electron chi connectivity index (χ0n) is 12.5. The summed E-state index contributed by atoms with van der Waals surface area (Å²) in [6.45, 7) is 0.374. The first-order valence-corrected chi connectivity index (χ1v) is 7.33. The van der Waals surface area contributed by atoms with Crippen molar-refractivity contribution >= 4 is 5.91 Å². The summed E-state index contributed by atoms with van der Waals surface area (Å²) in [6.07, 6.45) is 1.70. The molecule has 0 aliphatic rings. The molecule has 0 bridgehead atoms. The number of aromatic nitrogens is 1. The van der Waals surface area contributed by atoms with Gasteiger partial charge in [0, 0.05) is 6.20 Å². The molecule has 0 unspecified atom stereocenters. The van der Waals surface area contributed by atoms with Crippen LogP contribution in [0.3, 0.4) is 0 Å². The van der Waals surface area contributed by atoms with Crippen molar-refractivity contribution in [2.75, 3.05) is 0 Å².